The number of ether oxygens (including phenoxy) is 1. The molecular formula is C30H45NO4. The number of carbonyl (C=O) groups excluding carboxylic acids is 1. The van der Waals surface area contributed by atoms with Gasteiger partial charge in [0.15, 0.2) is 0 Å². The zero-order valence-electron chi connectivity index (χ0n) is 22.1. The Morgan fingerprint density at radius 1 is 0.914 bits per heavy atom. The monoisotopic (exact) mass is 483 g/mol. The van der Waals surface area contributed by atoms with Gasteiger partial charge in [0.1, 0.15) is 5.75 Å². The number of fused-ring (bicyclic) bond motifs is 1. The summed E-state index contributed by atoms with van der Waals surface area (Å²) in [5.41, 5.74) is 2.16. The summed E-state index contributed by atoms with van der Waals surface area (Å²) in [7, 11) is 1.58. The van der Waals surface area contributed by atoms with Crippen LogP contribution in [-0.2, 0) is 11.2 Å². The molecule has 0 bridgehead atoms. The van der Waals surface area contributed by atoms with Crippen molar-refractivity contribution in [3.63, 3.8) is 0 Å². The van der Waals surface area contributed by atoms with Crippen molar-refractivity contribution in [3.05, 3.63) is 41.6 Å². The second-order valence-electron chi connectivity index (χ2n) is 9.58. The fourth-order valence-corrected chi connectivity index (χ4v) is 4.74. The highest BCUT2D eigenvalue weighted by atomic mass is 16.5. The number of benzene rings is 1. The maximum Gasteiger partial charge on any atom is 0.307 e. The van der Waals surface area contributed by atoms with Gasteiger partial charge in [-0.25, -0.2) is 0 Å². The number of carboxylic acid groups (broad SMARTS) is 1. The Bertz CT molecular complexity index is 957. The summed E-state index contributed by atoms with van der Waals surface area (Å²) >= 11 is 0. The molecule has 0 radical (unpaired) electrons. The molecule has 5 heteroatoms. The minimum absolute atomic E-state index is 0.0342. The van der Waals surface area contributed by atoms with Gasteiger partial charge < -0.3 is 9.84 Å². The van der Waals surface area contributed by atoms with Crippen LogP contribution >= 0.6 is 0 Å². The SMILES string of the molecule is CCCCCCCC/C=C/CCCCCCCC(=O)n1c(C)c(CC(=O)O)c2cc(OC)ccc21. The summed E-state index contributed by atoms with van der Waals surface area (Å²) < 4.78 is 7.00. The van der Waals surface area contributed by atoms with Crippen molar-refractivity contribution in [1.82, 2.24) is 4.57 Å². The Morgan fingerprint density at radius 2 is 1.51 bits per heavy atom. The summed E-state index contributed by atoms with van der Waals surface area (Å²) in [6.07, 6.45) is 21.0. The molecule has 5 nitrogen and oxygen atoms in total. The van der Waals surface area contributed by atoms with Gasteiger partial charge in [0.05, 0.1) is 19.0 Å². The van der Waals surface area contributed by atoms with Crippen LogP contribution in [0.2, 0.25) is 0 Å². The zero-order valence-corrected chi connectivity index (χ0v) is 22.1. The topological polar surface area (TPSA) is 68.5 Å². The van der Waals surface area contributed by atoms with Crippen LogP contribution in [0, 0.1) is 6.92 Å². The van der Waals surface area contributed by atoms with Crippen molar-refractivity contribution in [2.24, 2.45) is 0 Å². The van der Waals surface area contributed by atoms with E-state index in [2.05, 4.69) is 19.1 Å². The Kier molecular flexibility index (Phi) is 13.3. The van der Waals surface area contributed by atoms with E-state index in [0.717, 1.165) is 36.6 Å². The van der Waals surface area contributed by atoms with Crippen LogP contribution in [-0.4, -0.2) is 28.7 Å². The Morgan fingerprint density at radius 3 is 2.11 bits per heavy atom. The third-order valence-electron chi connectivity index (χ3n) is 6.77. The third-order valence-corrected chi connectivity index (χ3v) is 6.77. The molecule has 2 aromatic rings. The normalized spacial score (nSPS) is 11.5. The summed E-state index contributed by atoms with van der Waals surface area (Å²) in [6.45, 7) is 4.09. The molecule has 1 aromatic carbocycles. The molecule has 0 spiro atoms. The van der Waals surface area contributed by atoms with E-state index in [-0.39, 0.29) is 12.3 Å². The number of carboxylic acids is 1. The summed E-state index contributed by atoms with van der Waals surface area (Å²) in [4.78, 5) is 24.4. The van der Waals surface area contributed by atoms with Crippen molar-refractivity contribution in [1.29, 1.82) is 0 Å². The maximum atomic E-state index is 13.0. The molecule has 0 saturated heterocycles. The van der Waals surface area contributed by atoms with Crippen molar-refractivity contribution in [3.8, 4) is 5.75 Å². The van der Waals surface area contributed by atoms with Gasteiger partial charge in [0, 0.05) is 17.5 Å². The average molecular weight is 484 g/mol. The number of aromatic nitrogens is 1. The van der Waals surface area contributed by atoms with Crippen LogP contribution in [0.3, 0.4) is 0 Å². The molecule has 0 fully saturated rings. The lowest BCUT2D eigenvalue weighted by Gasteiger charge is -2.08. The van der Waals surface area contributed by atoms with Gasteiger partial charge in [-0.05, 0) is 62.8 Å². The minimum Gasteiger partial charge on any atom is -0.497 e. The molecule has 0 aliphatic rings. The molecule has 0 unspecified atom stereocenters. The average Bonchev–Trinajstić information content (AvgIpc) is 3.11. The molecular weight excluding hydrogens is 438 g/mol. The predicted molar refractivity (Wildman–Crippen MR) is 145 cm³/mol. The first-order valence-electron chi connectivity index (χ1n) is 13.6. The van der Waals surface area contributed by atoms with Gasteiger partial charge in [-0.1, -0.05) is 70.4 Å². The second kappa shape index (κ2) is 16.2. The molecule has 0 amide bonds. The van der Waals surface area contributed by atoms with Gasteiger partial charge in [-0.15, -0.1) is 0 Å². The van der Waals surface area contributed by atoms with E-state index in [9.17, 15) is 14.7 Å². The third kappa shape index (κ3) is 9.54. The van der Waals surface area contributed by atoms with Crippen LogP contribution in [0.25, 0.3) is 10.9 Å². The molecule has 0 atom stereocenters. The van der Waals surface area contributed by atoms with Crippen LogP contribution in [0.4, 0.5) is 0 Å². The molecule has 35 heavy (non-hydrogen) atoms. The van der Waals surface area contributed by atoms with Crippen LogP contribution in [0.1, 0.15) is 113 Å². The van der Waals surface area contributed by atoms with Gasteiger partial charge in [-0.3, -0.25) is 14.2 Å². The number of nitrogens with zero attached hydrogens (tertiary/aromatic N) is 1. The van der Waals surface area contributed by atoms with Gasteiger partial charge in [0.25, 0.3) is 0 Å². The Hall–Kier alpha value is -2.56. The lowest BCUT2D eigenvalue weighted by Crippen LogP contribution is -2.12. The number of unbranched alkanes of at least 4 members (excludes halogenated alkanes) is 11. The summed E-state index contributed by atoms with van der Waals surface area (Å²) in [5.74, 6) is -0.211. The van der Waals surface area contributed by atoms with Gasteiger partial charge >= 0.3 is 5.97 Å². The Labute approximate surface area is 211 Å². The van der Waals surface area contributed by atoms with Gasteiger partial charge in [-0.2, -0.15) is 0 Å². The van der Waals surface area contributed by atoms with Crippen molar-refractivity contribution < 1.29 is 19.4 Å². The molecule has 0 aliphatic heterocycles. The number of rotatable bonds is 18. The fourth-order valence-electron chi connectivity index (χ4n) is 4.74. The Balaban J connectivity index is 1.71. The zero-order chi connectivity index (χ0) is 25.5. The molecule has 1 N–H and O–H groups in total. The number of aliphatic carboxylic acids is 1. The molecule has 2 rings (SSSR count). The first kappa shape index (κ1) is 28.7. The van der Waals surface area contributed by atoms with Crippen molar-refractivity contribution in [2.45, 2.75) is 110 Å². The molecule has 0 aliphatic carbocycles. The van der Waals surface area contributed by atoms with E-state index in [1.165, 1.54) is 57.8 Å². The highest BCUT2D eigenvalue weighted by Gasteiger charge is 2.20. The van der Waals surface area contributed by atoms with E-state index in [0.29, 0.717) is 23.4 Å². The van der Waals surface area contributed by atoms with E-state index in [4.69, 9.17) is 4.74 Å². The predicted octanol–water partition coefficient (Wildman–Crippen LogP) is 8.26. The number of hydrogen-bond donors (Lipinski definition) is 1. The minimum atomic E-state index is -0.903. The van der Waals surface area contributed by atoms with Crippen molar-refractivity contribution in [2.75, 3.05) is 7.11 Å². The highest BCUT2D eigenvalue weighted by Crippen LogP contribution is 2.30. The van der Waals surface area contributed by atoms with E-state index < -0.39 is 5.97 Å². The standard InChI is InChI=1S/C30H45NO4/c1-4-5-6-7-8-9-10-11-12-13-14-15-16-17-18-19-29(32)31-24(2)26(23-30(33)34)27-22-25(35-3)20-21-28(27)31/h11-12,20-22H,4-10,13-19,23H2,1-3H3,(H,33,34)/b12-11+. The van der Waals surface area contributed by atoms with Crippen molar-refractivity contribution >= 4 is 22.8 Å². The lowest BCUT2D eigenvalue weighted by atomic mass is 10.1. The number of hydrogen-bond acceptors (Lipinski definition) is 3. The van der Waals surface area contributed by atoms with E-state index in [1.54, 1.807) is 11.7 Å². The van der Waals surface area contributed by atoms with Crippen LogP contribution < -0.4 is 4.74 Å². The fraction of sp³-hybridized carbons (Fsp3) is 0.600. The lowest BCUT2D eigenvalue weighted by molar-refractivity contribution is -0.136. The highest BCUT2D eigenvalue weighted by molar-refractivity contribution is 5.98. The van der Waals surface area contributed by atoms with Crippen LogP contribution in [0.15, 0.2) is 30.4 Å². The molecule has 0 saturated carbocycles. The smallest absolute Gasteiger partial charge is 0.307 e. The van der Waals surface area contributed by atoms with Crippen LogP contribution in [0.5, 0.6) is 5.75 Å². The number of methoxy groups -OCH3 is 1. The first-order chi connectivity index (χ1) is 17.0. The largest absolute Gasteiger partial charge is 0.497 e. The number of allylic oxidation sites excluding steroid dienone is 2. The molecule has 1 heterocycles. The first-order valence-corrected chi connectivity index (χ1v) is 13.6. The second-order valence-corrected chi connectivity index (χ2v) is 9.58. The maximum absolute atomic E-state index is 13.0. The summed E-state index contributed by atoms with van der Waals surface area (Å²) in [6, 6.07) is 5.50. The van der Waals surface area contributed by atoms with E-state index >= 15 is 0 Å². The number of carbonyl (C=O) groups is 2. The molecule has 194 valence electrons. The quantitative estimate of drug-likeness (QED) is 0.171. The summed E-state index contributed by atoms with van der Waals surface area (Å²) in [5, 5.41) is 10.1. The van der Waals surface area contributed by atoms with Gasteiger partial charge in [0.2, 0.25) is 5.91 Å². The molecule has 1 aromatic heterocycles. The van der Waals surface area contributed by atoms with E-state index in [1.807, 2.05) is 25.1 Å².